The molecule has 0 radical (unpaired) electrons. The van der Waals surface area contributed by atoms with Crippen LogP contribution in [0, 0.1) is 0 Å². The molecule has 30 heavy (non-hydrogen) atoms. The van der Waals surface area contributed by atoms with E-state index in [1.54, 1.807) is 17.5 Å². The second kappa shape index (κ2) is 11.3. The number of rotatable bonds is 9. The van der Waals surface area contributed by atoms with Gasteiger partial charge in [0, 0.05) is 24.2 Å². The molecule has 0 spiro atoms. The van der Waals surface area contributed by atoms with Crippen molar-refractivity contribution in [3.05, 3.63) is 75.9 Å². The summed E-state index contributed by atoms with van der Waals surface area (Å²) in [4.78, 5) is 13.7. The van der Waals surface area contributed by atoms with Crippen LogP contribution in [0.5, 0.6) is 5.88 Å². The van der Waals surface area contributed by atoms with Gasteiger partial charge in [0.1, 0.15) is 11.6 Å². The zero-order chi connectivity index (χ0) is 21.2. The SMILES string of the molecule is CCNC(=NCc1ccnc(OCc2ccccc2)c1)NCc1nc(C(C)C)cs1. The number of hydrogen-bond donors (Lipinski definition) is 2. The number of aromatic nitrogens is 2. The molecule has 6 nitrogen and oxygen atoms in total. The number of nitrogens with zero attached hydrogens (tertiary/aromatic N) is 3. The van der Waals surface area contributed by atoms with Gasteiger partial charge in [-0.2, -0.15) is 0 Å². The van der Waals surface area contributed by atoms with Gasteiger partial charge in [-0.05, 0) is 30.0 Å². The van der Waals surface area contributed by atoms with Crippen molar-refractivity contribution in [2.45, 2.75) is 46.4 Å². The van der Waals surface area contributed by atoms with Crippen molar-refractivity contribution in [1.82, 2.24) is 20.6 Å². The van der Waals surface area contributed by atoms with E-state index in [1.165, 1.54) is 0 Å². The van der Waals surface area contributed by atoms with Crippen LogP contribution < -0.4 is 15.4 Å². The first-order chi connectivity index (χ1) is 14.6. The molecule has 3 aromatic rings. The fourth-order valence-electron chi connectivity index (χ4n) is 2.70. The number of aliphatic imine (C=N–C) groups is 1. The first-order valence-electron chi connectivity index (χ1n) is 10.2. The number of ether oxygens (including phenoxy) is 1. The second-order valence-corrected chi connectivity index (χ2v) is 8.09. The van der Waals surface area contributed by atoms with Crippen LogP contribution in [0.3, 0.4) is 0 Å². The highest BCUT2D eigenvalue weighted by molar-refractivity contribution is 7.09. The van der Waals surface area contributed by atoms with E-state index in [4.69, 9.17) is 4.74 Å². The van der Waals surface area contributed by atoms with Crippen LogP contribution >= 0.6 is 11.3 Å². The molecule has 0 atom stereocenters. The van der Waals surface area contributed by atoms with Crippen molar-refractivity contribution >= 4 is 17.3 Å². The molecule has 0 amide bonds. The Morgan fingerprint density at radius 1 is 1.13 bits per heavy atom. The van der Waals surface area contributed by atoms with E-state index in [2.05, 4.69) is 51.7 Å². The van der Waals surface area contributed by atoms with Gasteiger partial charge in [0.2, 0.25) is 5.88 Å². The summed E-state index contributed by atoms with van der Waals surface area (Å²) < 4.78 is 5.82. The first kappa shape index (κ1) is 21.8. The molecular formula is C23H29N5OS. The monoisotopic (exact) mass is 423 g/mol. The fraction of sp³-hybridized carbons (Fsp3) is 0.348. The summed E-state index contributed by atoms with van der Waals surface area (Å²) in [5.74, 6) is 1.82. The van der Waals surface area contributed by atoms with Crippen LogP contribution in [0.1, 0.15) is 48.5 Å². The van der Waals surface area contributed by atoms with Gasteiger partial charge in [-0.15, -0.1) is 11.3 Å². The third-order valence-electron chi connectivity index (χ3n) is 4.36. The maximum absolute atomic E-state index is 5.82. The van der Waals surface area contributed by atoms with Crippen molar-refractivity contribution in [2.75, 3.05) is 6.54 Å². The second-order valence-electron chi connectivity index (χ2n) is 7.15. The van der Waals surface area contributed by atoms with Gasteiger partial charge in [0.25, 0.3) is 0 Å². The van der Waals surface area contributed by atoms with E-state index in [-0.39, 0.29) is 0 Å². The Morgan fingerprint density at radius 2 is 1.97 bits per heavy atom. The lowest BCUT2D eigenvalue weighted by atomic mass is 10.2. The molecule has 0 aliphatic carbocycles. The summed E-state index contributed by atoms with van der Waals surface area (Å²) in [5.41, 5.74) is 3.30. The molecule has 0 saturated heterocycles. The minimum atomic E-state index is 0.446. The summed E-state index contributed by atoms with van der Waals surface area (Å²) >= 11 is 1.68. The molecule has 2 heterocycles. The van der Waals surface area contributed by atoms with Crippen molar-refractivity contribution < 1.29 is 4.74 Å². The van der Waals surface area contributed by atoms with Crippen LogP contribution in [-0.4, -0.2) is 22.5 Å². The molecule has 3 rings (SSSR count). The lowest BCUT2D eigenvalue weighted by molar-refractivity contribution is 0.293. The number of thiazole rings is 1. The normalized spacial score (nSPS) is 11.5. The van der Waals surface area contributed by atoms with Crippen molar-refractivity contribution in [1.29, 1.82) is 0 Å². The molecule has 2 aromatic heterocycles. The van der Waals surface area contributed by atoms with E-state index >= 15 is 0 Å². The van der Waals surface area contributed by atoms with Gasteiger partial charge in [0.15, 0.2) is 5.96 Å². The predicted molar refractivity (Wildman–Crippen MR) is 123 cm³/mol. The van der Waals surface area contributed by atoms with Gasteiger partial charge in [-0.3, -0.25) is 0 Å². The Balaban J connectivity index is 1.56. The van der Waals surface area contributed by atoms with Gasteiger partial charge in [-0.25, -0.2) is 15.0 Å². The zero-order valence-electron chi connectivity index (χ0n) is 17.8. The van der Waals surface area contributed by atoms with Crippen molar-refractivity contribution in [3.63, 3.8) is 0 Å². The predicted octanol–water partition coefficient (Wildman–Crippen LogP) is 4.50. The maximum atomic E-state index is 5.82. The molecule has 2 N–H and O–H groups in total. The van der Waals surface area contributed by atoms with E-state index in [1.807, 2.05) is 42.5 Å². The first-order valence-corrected chi connectivity index (χ1v) is 11.1. The van der Waals surface area contributed by atoms with Gasteiger partial charge >= 0.3 is 0 Å². The molecule has 0 aliphatic rings. The zero-order valence-corrected chi connectivity index (χ0v) is 18.6. The highest BCUT2D eigenvalue weighted by Gasteiger charge is 2.07. The largest absolute Gasteiger partial charge is 0.473 e. The Labute approximate surface area is 182 Å². The summed E-state index contributed by atoms with van der Waals surface area (Å²) in [6.45, 7) is 8.85. The van der Waals surface area contributed by atoms with Crippen LogP contribution in [0.4, 0.5) is 0 Å². The molecule has 0 unspecified atom stereocenters. The number of hydrogen-bond acceptors (Lipinski definition) is 5. The van der Waals surface area contributed by atoms with E-state index in [9.17, 15) is 0 Å². The van der Waals surface area contributed by atoms with Gasteiger partial charge in [-0.1, -0.05) is 44.2 Å². The number of nitrogens with one attached hydrogen (secondary N) is 2. The highest BCUT2D eigenvalue weighted by Crippen LogP contribution is 2.17. The summed E-state index contributed by atoms with van der Waals surface area (Å²) in [6, 6.07) is 14.0. The number of pyridine rings is 1. The Kier molecular flexibility index (Phi) is 8.20. The lowest BCUT2D eigenvalue weighted by Gasteiger charge is -2.10. The van der Waals surface area contributed by atoms with Crippen LogP contribution in [0.25, 0.3) is 0 Å². The maximum Gasteiger partial charge on any atom is 0.213 e. The highest BCUT2D eigenvalue weighted by atomic mass is 32.1. The van der Waals surface area contributed by atoms with Crippen LogP contribution in [-0.2, 0) is 19.7 Å². The van der Waals surface area contributed by atoms with Gasteiger partial charge in [0.05, 0.1) is 18.8 Å². The Bertz CT molecular complexity index is 940. The molecule has 0 bridgehead atoms. The summed E-state index contributed by atoms with van der Waals surface area (Å²) in [7, 11) is 0. The van der Waals surface area contributed by atoms with E-state index < -0.39 is 0 Å². The smallest absolute Gasteiger partial charge is 0.213 e. The lowest BCUT2D eigenvalue weighted by Crippen LogP contribution is -2.36. The Morgan fingerprint density at radius 3 is 2.70 bits per heavy atom. The molecule has 158 valence electrons. The van der Waals surface area contributed by atoms with Crippen molar-refractivity contribution in [2.24, 2.45) is 4.99 Å². The van der Waals surface area contributed by atoms with E-state index in [0.29, 0.717) is 31.5 Å². The van der Waals surface area contributed by atoms with Gasteiger partial charge < -0.3 is 15.4 Å². The fourth-order valence-corrected chi connectivity index (χ4v) is 3.60. The standard InChI is InChI=1S/C23H29N5OS/c1-4-24-23(27-14-22-28-20(16-30-22)17(2)3)26-13-19-10-11-25-21(12-19)29-15-18-8-6-5-7-9-18/h5-12,16-17H,4,13-15H2,1-3H3,(H2,24,26,27). The van der Waals surface area contributed by atoms with Crippen LogP contribution in [0.2, 0.25) is 0 Å². The summed E-state index contributed by atoms with van der Waals surface area (Å²) in [6.07, 6.45) is 1.76. The molecule has 7 heteroatoms. The van der Waals surface area contributed by atoms with Crippen LogP contribution in [0.15, 0.2) is 59.0 Å². The van der Waals surface area contributed by atoms with Crippen molar-refractivity contribution in [3.8, 4) is 5.88 Å². The minimum Gasteiger partial charge on any atom is -0.473 e. The average Bonchev–Trinajstić information content (AvgIpc) is 3.25. The average molecular weight is 424 g/mol. The molecular weight excluding hydrogens is 394 g/mol. The minimum absolute atomic E-state index is 0.446. The molecule has 0 saturated carbocycles. The summed E-state index contributed by atoms with van der Waals surface area (Å²) in [5, 5.41) is 9.83. The topological polar surface area (TPSA) is 71.4 Å². The molecule has 1 aromatic carbocycles. The number of guanidine groups is 1. The number of benzene rings is 1. The third kappa shape index (κ3) is 6.84. The molecule has 0 aliphatic heterocycles. The quantitative estimate of drug-likeness (QED) is 0.392. The van der Waals surface area contributed by atoms with E-state index in [0.717, 1.165) is 34.3 Å². The Hall–Kier alpha value is -2.93. The third-order valence-corrected chi connectivity index (χ3v) is 5.23. The molecule has 0 fully saturated rings.